The summed E-state index contributed by atoms with van der Waals surface area (Å²) in [6.45, 7) is 1.39. The highest BCUT2D eigenvalue weighted by Crippen LogP contribution is 2.18. The Morgan fingerprint density at radius 1 is 1.64 bits per heavy atom. The molecule has 0 radical (unpaired) electrons. The zero-order chi connectivity index (χ0) is 10.7. The van der Waals surface area contributed by atoms with Crippen molar-refractivity contribution in [2.24, 2.45) is 0 Å². The fourth-order valence-electron chi connectivity index (χ4n) is 0.896. The molecular formula is C9H7BrFNO2. The van der Waals surface area contributed by atoms with Crippen molar-refractivity contribution in [3.63, 3.8) is 0 Å². The minimum absolute atomic E-state index is 0.0171. The molecule has 0 aliphatic carbocycles. The van der Waals surface area contributed by atoms with E-state index in [0.29, 0.717) is 10.0 Å². The summed E-state index contributed by atoms with van der Waals surface area (Å²) in [5, 5.41) is 10.3. The summed E-state index contributed by atoms with van der Waals surface area (Å²) in [5.41, 5.74) is 0.607. The molecule has 0 saturated heterocycles. The molecule has 0 aliphatic rings. The quantitative estimate of drug-likeness (QED) is 0.605. The summed E-state index contributed by atoms with van der Waals surface area (Å²) in [7, 11) is 0. The third kappa shape index (κ3) is 2.63. The van der Waals surface area contributed by atoms with Crippen LogP contribution in [0, 0.1) is 15.9 Å². The summed E-state index contributed by atoms with van der Waals surface area (Å²) in [4.78, 5) is 9.82. The Kier molecular flexibility index (Phi) is 3.35. The molecule has 1 aromatic carbocycles. The Hall–Kier alpha value is -1.23. The number of hydrogen-bond acceptors (Lipinski definition) is 2. The molecule has 0 atom stereocenters. The van der Waals surface area contributed by atoms with Gasteiger partial charge < -0.3 is 0 Å². The van der Waals surface area contributed by atoms with Gasteiger partial charge in [0, 0.05) is 13.0 Å². The highest BCUT2D eigenvalue weighted by atomic mass is 79.9. The molecule has 0 unspecified atom stereocenters. The monoisotopic (exact) mass is 259 g/mol. The number of rotatable bonds is 2. The molecule has 0 aliphatic heterocycles. The van der Waals surface area contributed by atoms with Crippen LogP contribution in [0.15, 0.2) is 28.4 Å². The SMILES string of the molecule is C/C(=C\c1ccc(F)c(Br)c1)[N+](=O)[O-]. The standard InChI is InChI=1S/C9H7BrFNO2/c1-6(12(13)14)4-7-2-3-9(11)8(10)5-7/h2-5H,1H3/b6-4+. The van der Waals surface area contributed by atoms with E-state index in [1.54, 1.807) is 0 Å². The summed E-state index contributed by atoms with van der Waals surface area (Å²) < 4.78 is 13.1. The van der Waals surface area contributed by atoms with Crippen LogP contribution in [-0.2, 0) is 0 Å². The second kappa shape index (κ2) is 4.32. The summed E-state index contributed by atoms with van der Waals surface area (Å²) in [6, 6.07) is 4.22. The molecule has 0 heterocycles. The predicted molar refractivity (Wildman–Crippen MR) is 54.7 cm³/mol. The average Bonchev–Trinajstić information content (AvgIpc) is 2.11. The van der Waals surface area contributed by atoms with E-state index < -0.39 is 4.92 Å². The van der Waals surface area contributed by atoms with Gasteiger partial charge in [0.1, 0.15) is 5.82 Å². The molecule has 0 aromatic heterocycles. The van der Waals surface area contributed by atoms with Gasteiger partial charge in [0.25, 0.3) is 0 Å². The molecule has 14 heavy (non-hydrogen) atoms. The van der Waals surface area contributed by atoms with Crippen LogP contribution >= 0.6 is 15.9 Å². The van der Waals surface area contributed by atoms with Gasteiger partial charge in [-0.05, 0) is 33.6 Å². The molecule has 0 N–H and O–H groups in total. The van der Waals surface area contributed by atoms with Crippen molar-refractivity contribution in [3.05, 3.63) is 49.9 Å². The largest absolute Gasteiger partial charge is 0.259 e. The molecule has 5 heteroatoms. The first-order valence-electron chi connectivity index (χ1n) is 3.78. The predicted octanol–water partition coefficient (Wildman–Crippen LogP) is 3.23. The fourth-order valence-corrected chi connectivity index (χ4v) is 1.29. The lowest BCUT2D eigenvalue weighted by molar-refractivity contribution is -0.422. The zero-order valence-corrected chi connectivity index (χ0v) is 8.92. The first-order chi connectivity index (χ1) is 6.50. The average molecular weight is 260 g/mol. The normalized spacial score (nSPS) is 11.5. The minimum atomic E-state index is -0.489. The van der Waals surface area contributed by atoms with Gasteiger partial charge in [-0.25, -0.2) is 4.39 Å². The van der Waals surface area contributed by atoms with Crippen LogP contribution in [0.4, 0.5) is 4.39 Å². The highest BCUT2D eigenvalue weighted by molar-refractivity contribution is 9.10. The van der Waals surface area contributed by atoms with E-state index in [9.17, 15) is 14.5 Å². The number of nitro groups is 1. The second-order valence-corrected chi connectivity index (χ2v) is 3.57. The van der Waals surface area contributed by atoms with E-state index in [0.717, 1.165) is 0 Å². The van der Waals surface area contributed by atoms with Gasteiger partial charge in [0.15, 0.2) is 0 Å². The van der Waals surface area contributed by atoms with Crippen molar-refractivity contribution in [2.45, 2.75) is 6.92 Å². The molecule has 74 valence electrons. The lowest BCUT2D eigenvalue weighted by Gasteiger charge is -1.96. The summed E-state index contributed by atoms with van der Waals surface area (Å²) in [6.07, 6.45) is 1.38. The van der Waals surface area contributed by atoms with Crippen LogP contribution in [0.3, 0.4) is 0 Å². The van der Waals surface area contributed by atoms with Crippen LogP contribution in [0.1, 0.15) is 12.5 Å². The van der Waals surface area contributed by atoms with E-state index in [1.807, 2.05) is 0 Å². The van der Waals surface area contributed by atoms with Crippen LogP contribution in [-0.4, -0.2) is 4.92 Å². The van der Waals surface area contributed by atoms with Crippen LogP contribution in [0.25, 0.3) is 6.08 Å². The topological polar surface area (TPSA) is 43.1 Å². The maximum absolute atomic E-state index is 12.8. The molecule has 0 bridgehead atoms. The van der Waals surface area contributed by atoms with Gasteiger partial charge in [-0.3, -0.25) is 10.1 Å². The molecule has 0 fully saturated rings. The van der Waals surface area contributed by atoms with Crippen LogP contribution in [0.2, 0.25) is 0 Å². The van der Waals surface area contributed by atoms with Gasteiger partial charge in [0.2, 0.25) is 5.70 Å². The molecule has 1 aromatic rings. The Balaban J connectivity index is 3.04. The third-order valence-corrected chi connectivity index (χ3v) is 2.21. The summed E-state index contributed by atoms with van der Waals surface area (Å²) in [5.74, 6) is -0.388. The van der Waals surface area contributed by atoms with Crippen molar-refractivity contribution in [1.29, 1.82) is 0 Å². The molecule has 1 rings (SSSR count). The van der Waals surface area contributed by atoms with E-state index in [2.05, 4.69) is 15.9 Å². The fraction of sp³-hybridized carbons (Fsp3) is 0.111. The molecule has 3 nitrogen and oxygen atoms in total. The van der Waals surface area contributed by atoms with Crippen molar-refractivity contribution in [1.82, 2.24) is 0 Å². The molecule has 0 amide bonds. The Bertz CT molecular complexity index is 404. The van der Waals surface area contributed by atoms with Gasteiger partial charge in [-0.1, -0.05) is 6.07 Å². The highest BCUT2D eigenvalue weighted by Gasteiger charge is 2.03. The molecular weight excluding hydrogens is 253 g/mol. The van der Waals surface area contributed by atoms with Crippen LogP contribution < -0.4 is 0 Å². The second-order valence-electron chi connectivity index (χ2n) is 2.72. The van der Waals surface area contributed by atoms with E-state index in [-0.39, 0.29) is 11.5 Å². The Labute approximate surface area is 88.5 Å². The van der Waals surface area contributed by atoms with Crippen molar-refractivity contribution in [3.8, 4) is 0 Å². The first-order valence-corrected chi connectivity index (χ1v) is 4.58. The van der Waals surface area contributed by atoms with Gasteiger partial charge in [0.05, 0.1) is 9.40 Å². The van der Waals surface area contributed by atoms with E-state index >= 15 is 0 Å². The van der Waals surface area contributed by atoms with Gasteiger partial charge >= 0.3 is 0 Å². The minimum Gasteiger partial charge on any atom is -0.259 e. The van der Waals surface area contributed by atoms with Crippen molar-refractivity contribution < 1.29 is 9.31 Å². The number of halogens is 2. The number of allylic oxidation sites excluding steroid dienone is 1. The molecule has 0 saturated carbocycles. The van der Waals surface area contributed by atoms with Crippen molar-refractivity contribution in [2.75, 3.05) is 0 Å². The molecule has 0 spiro atoms. The lowest BCUT2D eigenvalue weighted by Crippen LogP contribution is -1.93. The first kappa shape index (κ1) is 10.8. The Morgan fingerprint density at radius 2 is 2.29 bits per heavy atom. The van der Waals surface area contributed by atoms with Crippen LogP contribution in [0.5, 0.6) is 0 Å². The smallest absolute Gasteiger partial charge is 0.243 e. The summed E-state index contributed by atoms with van der Waals surface area (Å²) >= 11 is 3.00. The van der Waals surface area contributed by atoms with Gasteiger partial charge in [-0.15, -0.1) is 0 Å². The lowest BCUT2D eigenvalue weighted by atomic mass is 10.2. The van der Waals surface area contributed by atoms with Gasteiger partial charge in [-0.2, -0.15) is 0 Å². The van der Waals surface area contributed by atoms with Crippen molar-refractivity contribution >= 4 is 22.0 Å². The third-order valence-electron chi connectivity index (χ3n) is 1.61. The number of hydrogen-bond donors (Lipinski definition) is 0. The van der Waals surface area contributed by atoms with E-state index in [4.69, 9.17) is 0 Å². The number of benzene rings is 1. The maximum atomic E-state index is 12.8. The Morgan fingerprint density at radius 3 is 2.79 bits per heavy atom. The van der Waals surface area contributed by atoms with E-state index in [1.165, 1.54) is 31.2 Å². The zero-order valence-electron chi connectivity index (χ0n) is 7.33. The number of nitrogens with zero attached hydrogens (tertiary/aromatic N) is 1. The maximum Gasteiger partial charge on any atom is 0.243 e.